The summed E-state index contributed by atoms with van der Waals surface area (Å²) in [6.07, 6.45) is 0. The van der Waals surface area contributed by atoms with Crippen molar-refractivity contribution in [2.45, 2.75) is 10.9 Å². The minimum Gasteiger partial charge on any atom is -0.350 e. The summed E-state index contributed by atoms with van der Waals surface area (Å²) in [6.45, 7) is 0.449. The minimum absolute atomic E-state index is 0.0310. The van der Waals surface area contributed by atoms with E-state index in [0.29, 0.717) is 12.1 Å². The molecule has 0 aliphatic heterocycles. The molecular weight excluding hydrogens is 406 g/mol. The van der Waals surface area contributed by atoms with Gasteiger partial charge in [0.05, 0.1) is 10.9 Å². The van der Waals surface area contributed by atoms with Crippen molar-refractivity contribution in [3.8, 4) is 0 Å². The van der Waals surface area contributed by atoms with Crippen LogP contribution in [0.15, 0.2) is 58.8 Å². The van der Waals surface area contributed by atoms with Crippen molar-refractivity contribution >= 4 is 37.4 Å². The second kappa shape index (κ2) is 8.62. The van der Waals surface area contributed by atoms with Gasteiger partial charge in [0.1, 0.15) is 0 Å². The number of nitrogens with zero attached hydrogens (tertiary/aromatic N) is 2. The van der Waals surface area contributed by atoms with Crippen molar-refractivity contribution in [1.29, 1.82) is 0 Å². The van der Waals surface area contributed by atoms with Crippen molar-refractivity contribution in [3.05, 3.63) is 65.0 Å². The molecule has 0 aliphatic carbocycles. The first-order valence-corrected chi connectivity index (χ1v) is 11.5. The number of hydrogen-bond acceptors (Lipinski definition) is 5. The number of sulfonamides is 1. The molecule has 2 aromatic carbocycles. The summed E-state index contributed by atoms with van der Waals surface area (Å²) >= 11 is 1.70. The Morgan fingerprint density at radius 2 is 1.69 bits per heavy atom. The van der Waals surface area contributed by atoms with Gasteiger partial charge in [-0.25, -0.2) is 12.7 Å². The highest BCUT2D eigenvalue weighted by molar-refractivity contribution is 7.89. The lowest BCUT2D eigenvalue weighted by atomic mass is 10.0. The number of carbonyl (C=O) groups is 1. The van der Waals surface area contributed by atoms with Crippen LogP contribution in [0.2, 0.25) is 0 Å². The van der Waals surface area contributed by atoms with Crippen LogP contribution in [0.3, 0.4) is 0 Å². The topological polar surface area (TPSA) is 69.7 Å². The minimum atomic E-state index is -3.51. The fourth-order valence-electron chi connectivity index (χ4n) is 3.11. The monoisotopic (exact) mass is 431 g/mol. The highest BCUT2D eigenvalue weighted by Gasteiger charge is 2.20. The largest absolute Gasteiger partial charge is 0.350 e. The number of fused-ring (bicyclic) bond motifs is 1. The zero-order valence-corrected chi connectivity index (χ0v) is 18.5. The van der Waals surface area contributed by atoms with E-state index in [1.54, 1.807) is 11.3 Å². The van der Waals surface area contributed by atoms with Crippen molar-refractivity contribution in [2.24, 2.45) is 0 Å². The number of rotatable bonds is 7. The normalized spacial score (nSPS) is 13.2. The van der Waals surface area contributed by atoms with Crippen LogP contribution in [-0.4, -0.2) is 58.3 Å². The number of benzene rings is 2. The Morgan fingerprint density at radius 3 is 2.31 bits per heavy atom. The van der Waals surface area contributed by atoms with Crippen LogP contribution in [0.4, 0.5) is 0 Å². The molecule has 0 aliphatic rings. The summed E-state index contributed by atoms with van der Waals surface area (Å²) in [6, 6.07) is 14.3. The number of hydrogen-bond donors (Lipinski definition) is 1. The molecule has 0 saturated carbocycles. The van der Waals surface area contributed by atoms with Gasteiger partial charge in [0.2, 0.25) is 10.0 Å². The molecule has 0 bridgehead atoms. The summed E-state index contributed by atoms with van der Waals surface area (Å²) < 4.78 is 26.7. The standard InChI is InChI=1S/C21H25N3O3S2/c1-23(2)19(18-14-28-20-8-6-5-7-17(18)20)13-22-21(25)15-9-11-16(12-10-15)29(26,27)24(3)4/h5-12,14,19H,13H2,1-4H3,(H,22,25). The third kappa shape index (κ3) is 4.51. The molecule has 1 unspecified atom stereocenters. The molecule has 0 fully saturated rings. The highest BCUT2D eigenvalue weighted by atomic mass is 32.2. The van der Waals surface area contributed by atoms with Gasteiger partial charge < -0.3 is 10.2 Å². The fourth-order valence-corrected chi connectivity index (χ4v) is 5.02. The van der Waals surface area contributed by atoms with Gasteiger partial charge in [-0.15, -0.1) is 11.3 Å². The number of likely N-dealkylation sites (N-methyl/N-ethyl adjacent to an activating group) is 1. The molecule has 3 aromatic rings. The van der Waals surface area contributed by atoms with Crippen LogP contribution >= 0.6 is 11.3 Å². The lowest BCUT2D eigenvalue weighted by Crippen LogP contribution is -2.34. The molecule has 29 heavy (non-hydrogen) atoms. The molecule has 154 valence electrons. The third-order valence-electron chi connectivity index (χ3n) is 4.84. The average Bonchev–Trinajstić information content (AvgIpc) is 3.11. The van der Waals surface area contributed by atoms with Gasteiger partial charge in [0, 0.05) is 30.9 Å². The van der Waals surface area contributed by atoms with Crippen LogP contribution in [0, 0.1) is 0 Å². The number of thiophene rings is 1. The third-order valence-corrected chi connectivity index (χ3v) is 7.66. The molecule has 1 heterocycles. The lowest BCUT2D eigenvalue weighted by Gasteiger charge is -2.24. The second-order valence-corrected chi connectivity index (χ2v) is 10.3. The van der Waals surface area contributed by atoms with Crippen molar-refractivity contribution in [2.75, 3.05) is 34.7 Å². The van der Waals surface area contributed by atoms with Gasteiger partial charge >= 0.3 is 0 Å². The van der Waals surface area contributed by atoms with E-state index in [2.05, 4.69) is 27.7 Å². The van der Waals surface area contributed by atoms with Crippen LogP contribution < -0.4 is 5.32 Å². The maximum absolute atomic E-state index is 12.6. The predicted molar refractivity (Wildman–Crippen MR) is 118 cm³/mol. The van der Waals surface area contributed by atoms with Gasteiger partial charge in [0.15, 0.2) is 0 Å². The van der Waals surface area contributed by atoms with E-state index in [4.69, 9.17) is 0 Å². The van der Waals surface area contributed by atoms with Crippen molar-refractivity contribution in [3.63, 3.8) is 0 Å². The Labute approximate surface area is 175 Å². The Morgan fingerprint density at radius 1 is 1.03 bits per heavy atom. The zero-order chi connectivity index (χ0) is 21.2. The van der Waals surface area contributed by atoms with Gasteiger partial charge in [-0.1, -0.05) is 18.2 Å². The molecular formula is C21H25N3O3S2. The summed E-state index contributed by atoms with van der Waals surface area (Å²) in [4.78, 5) is 14.9. The maximum atomic E-state index is 12.6. The smallest absolute Gasteiger partial charge is 0.251 e. The molecule has 0 radical (unpaired) electrons. The Kier molecular flexibility index (Phi) is 6.38. The first-order valence-electron chi connectivity index (χ1n) is 9.15. The van der Waals surface area contributed by atoms with Gasteiger partial charge in [-0.05, 0) is 60.8 Å². The molecule has 1 amide bonds. The molecule has 3 rings (SSSR count). The van der Waals surface area contributed by atoms with E-state index in [0.717, 1.165) is 4.31 Å². The zero-order valence-electron chi connectivity index (χ0n) is 16.9. The average molecular weight is 432 g/mol. The van der Waals surface area contributed by atoms with Gasteiger partial charge in [-0.2, -0.15) is 0 Å². The van der Waals surface area contributed by atoms with E-state index >= 15 is 0 Å². The fraction of sp³-hybridized carbons (Fsp3) is 0.286. The predicted octanol–water partition coefficient (Wildman–Crippen LogP) is 3.18. The molecule has 0 saturated heterocycles. The van der Waals surface area contributed by atoms with Crippen molar-refractivity contribution < 1.29 is 13.2 Å². The SMILES string of the molecule is CN(C)C(CNC(=O)c1ccc(S(=O)(=O)N(C)C)cc1)c1csc2ccccc12. The van der Waals surface area contributed by atoms with Gasteiger partial charge in [0.25, 0.3) is 5.91 Å². The maximum Gasteiger partial charge on any atom is 0.251 e. The van der Waals surface area contributed by atoms with E-state index in [1.165, 1.54) is 54.0 Å². The van der Waals surface area contributed by atoms with Crippen LogP contribution in [-0.2, 0) is 10.0 Å². The van der Waals surface area contributed by atoms with Gasteiger partial charge in [-0.3, -0.25) is 4.79 Å². The van der Waals surface area contributed by atoms with E-state index in [1.807, 2.05) is 26.2 Å². The molecule has 1 N–H and O–H groups in total. The summed E-state index contributed by atoms with van der Waals surface area (Å²) in [5.74, 6) is -0.231. The molecule has 0 spiro atoms. The van der Waals surface area contributed by atoms with Crippen LogP contribution in [0.1, 0.15) is 22.0 Å². The molecule has 8 heteroatoms. The molecule has 1 atom stereocenters. The van der Waals surface area contributed by atoms with Crippen LogP contribution in [0.5, 0.6) is 0 Å². The quantitative estimate of drug-likeness (QED) is 0.624. The van der Waals surface area contributed by atoms with Crippen molar-refractivity contribution in [1.82, 2.24) is 14.5 Å². The first-order chi connectivity index (χ1) is 13.7. The lowest BCUT2D eigenvalue weighted by molar-refractivity contribution is 0.0942. The highest BCUT2D eigenvalue weighted by Crippen LogP contribution is 2.32. The Hall–Kier alpha value is -2.26. The Balaban J connectivity index is 1.74. The first kappa shape index (κ1) is 21.4. The molecule has 1 aromatic heterocycles. The second-order valence-electron chi connectivity index (χ2n) is 7.19. The van der Waals surface area contributed by atoms with E-state index < -0.39 is 10.0 Å². The number of nitrogens with one attached hydrogen (secondary N) is 1. The number of carbonyl (C=O) groups excluding carboxylic acids is 1. The van der Waals surface area contributed by atoms with E-state index in [-0.39, 0.29) is 16.8 Å². The summed E-state index contributed by atoms with van der Waals surface area (Å²) in [5, 5.41) is 6.32. The Bertz CT molecular complexity index is 1100. The molecule has 6 nitrogen and oxygen atoms in total. The summed E-state index contributed by atoms with van der Waals surface area (Å²) in [5.41, 5.74) is 1.61. The van der Waals surface area contributed by atoms with E-state index in [9.17, 15) is 13.2 Å². The van der Waals surface area contributed by atoms with Crippen LogP contribution in [0.25, 0.3) is 10.1 Å². The number of amides is 1. The summed E-state index contributed by atoms with van der Waals surface area (Å²) in [7, 11) is 3.43.